The molecule has 1 aliphatic carbocycles. The number of fused-ring (bicyclic) bond motifs is 1. The highest BCUT2D eigenvalue weighted by atomic mass is 16.9. The van der Waals surface area contributed by atoms with E-state index in [0.29, 0.717) is 31.8 Å². The number of benzene rings is 1. The van der Waals surface area contributed by atoms with Crippen LogP contribution >= 0.6 is 0 Å². The number of rotatable bonds is 12. The summed E-state index contributed by atoms with van der Waals surface area (Å²) in [6.45, 7) is 7.04. The van der Waals surface area contributed by atoms with E-state index in [1.54, 1.807) is 13.3 Å². The van der Waals surface area contributed by atoms with Crippen LogP contribution < -0.4 is 10.1 Å². The van der Waals surface area contributed by atoms with E-state index in [9.17, 15) is 0 Å². The summed E-state index contributed by atoms with van der Waals surface area (Å²) < 4.78 is 25.2. The Kier molecular flexibility index (Phi) is 7.36. The molecule has 3 aromatic heterocycles. The summed E-state index contributed by atoms with van der Waals surface area (Å²) in [4.78, 5) is 9.28. The zero-order valence-corrected chi connectivity index (χ0v) is 21.7. The van der Waals surface area contributed by atoms with Gasteiger partial charge in [0.1, 0.15) is 11.4 Å². The van der Waals surface area contributed by atoms with Crippen molar-refractivity contribution in [2.45, 2.75) is 45.6 Å². The number of ether oxygens (including phenoxy) is 4. The molecule has 9 heteroatoms. The molecule has 37 heavy (non-hydrogen) atoms. The summed E-state index contributed by atoms with van der Waals surface area (Å²) in [6, 6.07) is 14.2. The predicted octanol–water partition coefficient (Wildman–Crippen LogP) is 5.26. The number of nitrogens with zero attached hydrogens (tertiary/aromatic N) is 4. The molecular weight excluding hydrogens is 470 g/mol. The van der Waals surface area contributed by atoms with Crippen molar-refractivity contribution in [3.8, 4) is 28.3 Å². The van der Waals surface area contributed by atoms with Gasteiger partial charge in [-0.1, -0.05) is 0 Å². The van der Waals surface area contributed by atoms with E-state index < -0.39 is 5.97 Å². The molecule has 0 saturated heterocycles. The molecule has 194 valence electrons. The van der Waals surface area contributed by atoms with E-state index in [2.05, 4.69) is 10.3 Å². The van der Waals surface area contributed by atoms with Crippen LogP contribution in [-0.2, 0) is 20.2 Å². The maximum absolute atomic E-state index is 6.01. The molecule has 1 saturated carbocycles. The summed E-state index contributed by atoms with van der Waals surface area (Å²) in [5, 5.41) is 8.40. The van der Waals surface area contributed by atoms with Gasteiger partial charge in [0.15, 0.2) is 0 Å². The molecule has 9 nitrogen and oxygen atoms in total. The third-order valence-corrected chi connectivity index (χ3v) is 6.17. The van der Waals surface area contributed by atoms with Crippen LogP contribution in [0.1, 0.15) is 39.2 Å². The predicted molar refractivity (Wildman–Crippen MR) is 141 cm³/mol. The van der Waals surface area contributed by atoms with Crippen molar-refractivity contribution in [1.29, 1.82) is 0 Å². The number of methoxy groups -OCH3 is 1. The zero-order valence-electron chi connectivity index (χ0n) is 21.7. The van der Waals surface area contributed by atoms with Gasteiger partial charge >= 0.3 is 5.97 Å². The van der Waals surface area contributed by atoms with Gasteiger partial charge < -0.3 is 24.3 Å². The minimum absolute atomic E-state index is 0.428. The molecule has 0 spiro atoms. The third kappa shape index (κ3) is 5.16. The normalized spacial score (nSPS) is 13.7. The van der Waals surface area contributed by atoms with Crippen LogP contribution in [0.15, 0.2) is 54.9 Å². The van der Waals surface area contributed by atoms with E-state index in [0.717, 1.165) is 52.2 Å². The van der Waals surface area contributed by atoms with Crippen molar-refractivity contribution in [2.24, 2.45) is 0 Å². The smallest absolute Gasteiger partial charge is 0.313 e. The molecule has 5 rings (SSSR count). The monoisotopic (exact) mass is 503 g/mol. The lowest BCUT2D eigenvalue weighted by atomic mass is 10.0. The largest absolute Gasteiger partial charge is 0.497 e. The lowest BCUT2D eigenvalue weighted by Gasteiger charge is -2.32. The van der Waals surface area contributed by atoms with Crippen LogP contribution in [0.5, 0.6) is 5.75 Å². The Balaban J connectivity index is 1.67. The standard InChI is InChI=1S/C28H33N5O4/c1-5-35-28(36-6-2,37-7-3)20-10-15-24-25(23-16-17-29-27(31-23)30-21-11-12-21)26(32-33(24)18-20)19-8-13-22(34-4)14-9-19/h8-10,13-18,21H,5-7,11-12H2,1-4H3,(H,29,30,31). The highest BCUT2D eigenvalue weighted by Gasteiger charge is 2.36. The molecule has 1 aromatic carbocycles. The first-order chi connectivity index (χ1) is 18.1. The Hall–Kier alpha value is -3.53. The van der Waals surface area contributed by atoms with E-state index in [1.165, 1.54) is 0 Å². The maximum atomic E-state index is 6.01. The lowest BCUT2D eigenvalue weighted by Crippen LogP contribution is -2.37. The molecule has 0 bridgehead atoms. The molecule has 1 fully saturated rings. The van der Waals surface area contributed by atoms with Gasteiger partial charge in [-0.3, -0.25) is 0 Å². The van der Waals surface area contributed by atoms with E-state index in [4.69, 9.17) is 29.0 Å². The minimum atomic E-state index is -1.31. The fraction of sp³-hybridized carbons (Fsp3) is 0.393. The maximum Gasteiger partial charge on any atom is 0.313 e. The van der Waals surface area contributed by atoms with Crippen molar-refractivity contribution in [3.63, 3.8) is 0 Å². The average molecular weight is 504 g/mol. The number of pyridine rings is 1. The molecule has 1 N–H and O–H groups in total. The van der Waals surface area contributed by atoms with Gasteiger partial charge in [0.2, 0.25) is 5.95 Å². The summed E-state index contributed by atoms with van der Waals surface area (Å²) in [5.74, 6) is 0.0960. The van der Waals surface area contributed by atoms with Crippen LogP contribution in [0, 0.1) is 0 Å². The number of nitrogens with one attached hydrogen (secondary N) is 1. The number of hydrogen-bond acceptors (Lipinski definition) is 8. The highest BCUT2D eigenvalue weighted by Crippen LogP contribution is 2.37. The summed E-state index contributed by atoms with van der Waals surface area (Å²) >= 11 is 0. The van der Waals surface area contributed by atoms with Gasteiger partial charge in [-0.25, -0.2) is 14.5 Å². The van der Waals surface area contributed by atoms with Crippen LogP contribution in [0.2, 0.25) is 0 Å². The van der Waals surface area contributed by atoms with E-state index >= 15 is 0 Å². The van der Waals surface area contributed by atoms with Gasteiger partial charge in [0.05, 0.1) is 29.4 Å². The molecule has 0 atom stereocenters. The Labute approximate surface area is 216 Å². The topological polar surface area (TPSA) is 92.0 Å². The van der Waals surface area contributed by atoms with E-state index in [-0.39, 0.29) is 0 Å². The Morgan fingerprint density at radius 1 is 0.946 bits per heavy atom. The van der Waals surface area contributed by atoms with E-state index in [1.807, 2.05) is 73.9 Å². The first kappa shape index (κ1) is 25.1. The van der Waals surface area contributed by atoms with Crippen molar-refractivity contribution in [1.82, 2.24) is 19.6 Å². The zero-order chi connectivity index (χ0) is 25.8. The highest BCUT2D eigenvalue weighted by molar-refractivity contribution is 5.91. The first-order valence-electron chi connectivity index (χ1n) is 12.8. The second-order valence-corrected chi connectivity index (χ2v) is 8.74. The van der Waals surface area contributed by atoms with Gasteiger partial charge in [-0.05, 0) is 76.1 Å². The van der Waals surface area contributed by atoms with Gasteiger partial charge in [-0.15, -0.1) is 0 Å². The molecular formula is C28H33N5O4. The molecule has 0 radical (unpaired) electrons. The average Bonchev–Trinajstić information content (AvgIpc) is 3.65. The Morgan fingerprint density at radius 3 is 2.27 bits per heavy atom. The first-order valence-corrected chi connectivity index (χ1v) is 12.8. The summed E-state index contributed by atoms with van der Waals surface area (Å²) in [5.41, 5.74) is 5.06. The molecule has 1 aliphatic rings. The molecule has 0 unspecified atom stereocenters. The van der Waals surface area contributed by atoms with Gasteiger partial charge in [0, 0.05) is 43.8 Å². The summed E-state index contributed by atoms with van der Waals surface area (Å²) in [7, 11) is 1.66. The fourth-order valence-electron chi connectivity index (χ4n) is 4.36. The fourth-order valence-corrected chi connectivity index (χ4v) is 4.36. The molecule has 0 aliphatic heterocycles. The number of aromatic nitrogens is 4. The number of anilines is 1. The van der Waals surface area contributed by atoms with Crippen molar-refractivity contribution >= 4 is 11.5 Å². The van der Waals surface area contributed by atoms with Crippen LogP contribution in [-0.4, -0.2) is 52.6 Å². The quantitative estimate of drug-likeness (QED) is 0.262. The minimum Gasteiger partial charge on any atom is -0.497 e. The van der Waals surface area contributed by atoms with Crippen LogP contribution in [0.25, 0.3) is 28.0 Å². The summed E-state index contributed by atoms with van der Waals surface area (Å²) in [6.07, 6.45) is 5.97. The Bertz CT molecular complexity index is 1330. The van der Waals surface area contributed by atoms with Gasteiger partial charge in [-0.2, -0.15) is 5.10 Å². The van der Waals surface area contributed by atoms with Crippen LogP contribution in [0.3, 0.4) is 0 Å². The second kappa shape index (κ2) is 10.8. The van der Waals surface area contributed by atoms with Crippen molar-refractivity contribution in [2.75, 3.05) is 32.2 Å². The molecule has 4 aromatic rings. The molecule has 3 heterocycles. The van der Waals surface area contributed by atoms with Crippen molar-refractivity contribution < 1.29 is 18.9 Å². The third-order valence-electron chi connectivity index (χ3n) is 6.17. The van der Waals surface area contributed by atoms with Crippen LogP contribution in [0.4, 0.5) is 5.95 Å². The molecule has 0 amide bonds. The Morgan fingerprint density at radius 2 is 1.65 bits per heavy atom. The van der Waals surface area contributed by atoms with Gasteiger partial charge in [0.25, 0.3) is 0 Å². The lowest BCUT2D eigenvalue weighted by molar-refractivity contribution is -0.389. The van der Waals surface area contributed by atoms with Crippen molar-refractivity contribution in [3.05, 3.63) is 60.4 Å². The number of hydrogen-bond donors (Lipinski definition) is 1. The SMILES string of the molecule is CCOC(OCC)(OCC)c1ccc2c(-c3ccnc(NC4CC4)n3)c(-c3ccc(OC)cc3)nn2c1. The second-order valence-electron chi connectivity index (χ2n) is 8.74.